The molecule has 0 aliphatic heterocycles. The fourth-order valence-corrected chi connectivity index (χ4v) is 2.87. The Morgan fingerprint density at radius 3 is 2.16 bits per heavy atom. The molecule has 2 rings (SSSR count). The molecule has 132 valence electrons. The van der Waals surface area contributed by atoms with Crippen molar-refractivity contribution in [1.82, 2.24) is 5.32 Å². The minimum Gasteiger partial charge on any atom is -0.368 e. The molecule has 0 aromatic heterocycles. The van der Waals surface area contributed by atoms with Crippen LogP contribution in [0.3, 0.4) is 0 Å². The molecule has 0 aliphatic carbocycles. The van der Waals surface area contributed by atoms with Gasteiger partial charge in [0.25, 0.3) is 5.91 Å². The Hall–Kier alpha value is -2.66. The van der Waals surface area contributed by atoms with E-state index in [-0.39, 0.29) is 5.91 Å². The van der Waals surface area contributed by atoms with E-state index in [1.807, 2.05) is 50.2 Å². The van der Waals surface area contributed by atoms with E-state index in [0.29, 0.717) is 6.42 Å². The standard InChI is InChI=1S/C20H24N2O3/c1-13-8-7-9-14(2)16(13)12-17(19(21)23)22-20(24)18(25-3)15-10-5-4-6-11-15/h4-11,17-18H,12H2,1-3H3,(H2,21,23)(H,22,24)/t17-,18-/m0/s1. The van der Waals surface area contributed by atoms with Crippen molar-refractivity contribution < 1.29 is 14.3 Å². The molecule has 25 heavy (non-hydrogen) atoms. The second-order valence-corrected chi connectivity index (χ2v) is 6.06. The summed E-state index contributed by atoms with van der Waals surface area (Å²) in [6.45, 7) is 3.95. The van der Waals surface area contributed by atoms with Gasteiger partial charge in [-0.25, -0.2) is 0 Å². The average Bonchev–Trinajstić information content (AvgIpc) is 2.58. The summed E-state index contributed by atoms with van der Waals surface area (Å²) >= 11 is 0. The predicted octanol–water partition coefficient (Wildman–Crippen LogP) is 2.20. The highest BCUT2D eigenvalue weighted by molar-refractivity contribution is 5.89. The van der Waals surface area contributed by atoms with Gasteiger partial charge in [-0.2, -0.15) is 0 Å². The number of primary amides is 1. The van der Waals surface area contributed by atoms with Crippen LogP contribution in [0.2, 0.25) is 0 Å². The molecule has 5 heteroatoms. The maximum Gasteiger partial charge on any atom is 0.254 e. The van der Waals surface area contributed by atoms with Gasteiger partial charge in [0.05, 0.1) is 0 Å². The van der Waals surface area contributed by atoms with Gasteiger partial charge in [0.15, 0.2) is 6.10 Å². The number of rotatable bonds is 7. The van der Waals surface area contributed by atoms with Crippen LogP contribution in [0.15, 0.2) is 48.5 Å². The highest BCUT2D eigenvalue weighted by atomic mass is 16.5. The highest BCUT2D eigenvalue weighted by Gasteiger charge is 2.26. The molecule has 5 nitrogen and oxygen atoms in total. The summed E-state index contributed by atoms with van der Waals surface area (Å²) in [6.07, 6.45) is -0.439. The number of carbonyl (C=O) groups is 2. The van der Waals surface area contributed by atoms with Crippen molar-refractivity contribution in [3.63, 3.8) is 0 Å². The lowest BCUT2D eigenvalue weighted by Gasteiger charge is -2.21. The summed E-state index contributed by atoms with van der Waals surface area (Å²) in [7, 11) is 1.46. The van der Waals surface area contributed by atoms with Gasteiger partial charge in [-0.15, -0.1) is 0 Å². The Kier molecular flexibility index (Phi) is 6.31. The Balaban J connectivity index is 2.18. The largest absolute Gasteiger partial charge is 0.368 e. The first-order chi connectivity index (χ1) is 11.9. The number of methoxy groups -OCH3 is 1. The molecule has 0 unspecified atom stereocenters. The molecule has 0 aliphatic rings. The van der Waals surface area contributed by atoms with Gasteiger partial charge in [-0.05, 0) is 36.1 Å². The molecule has 2 amide bonds. The molecule has 0 heterocycles. The number of ether oxygens (including phenoxy) is 1. The van der Waals surface area contributed by atoms with Crippen LogP contribution in [0, 0.1) is 13.8 Å². The maximum atomic E-state index is 12.6. The summed E-state index contributed by atoms with van der Waals surface area (Å²) in [5.74, 6) is -0.956. The third-order valence-corrected chi connectivity index (χ3v) is 4.29. The highest BCUT2D eigenvalue weighted by Crippen LogP contribution is 2.18. The van der Waals surface area contributed by atoms with Crippen LogP contribution in [0.1, 0.15) is 28.4 Å². The van der Waals surface area contributed by atoms with Crippen LogP contribution in [0.25, 0.3) is 0 Å². The van der Waals surface area contributed by atoms with Crippen molar-refractivity contribution in [2.45, 2.75) is 32.4 Å². The van der Waals surface area contributed by atoms with Crippen molar-refractivity contribution in [1.29, 1.82) is 0 Å². The Labute approximate surface area is 148 Å². The second kappa shape index (κ2) is 8.44. The zero-order chi connectivity index (χ0) is 18.4. The van der Waals surface area contributed by atoms with Gasteiger partial charge < -0.3 is 15.8 Å². The molecular weight excluding hydrogens is 316 g/mol. The first kappa shape index (κ1) is 18.7. The zero-order valence-electron chi connectivity index (χ0n) is 14.8. The van der Waals surface area contributed by atoms with E-state index >= 15 is 0 Å². The second-order valence-electron chi connectivity index (χ2n) is 6.06. The lowest BCUT2D eigenvalue weighted by molar-refractivity contribution is -0.134. The van der Waals surface area contributed by atoms with E-state index in [9.17, 15) is 9.59 Å². The molecule has 0 bridgehead atoms. The lowest BCUT2D eigenvalue weighted by atomic mass is 9.96. The number of amides is 2. The van der Waals surface area contributed by atoms with Crippen LogP contribution in [0.5, 0.6) is 0 Å². The number of nitrogens with one attached hydrogen (secondary N) is 1. The van der Waals surface area contributed by atoms with Crippen molar-refractivity contribution in [3.05, 3.63) is 70.8 Å². The van der Waals surface area contributed by atoms with Gasteiger partial charge in [0, 0.05) is 13.5 Å². The minimum atomic E-state index is -0.798. The lowest BCUT2D eigenvalue weighted by Crippen LogP contribution is -2.47. The van der Waals surface area contributed by atoms with Crippen LogP contribution in [-0.4, -0.2) is 25.0 Å². The number of hydrogen-bond donors (Lipinski definition) is 2. The molecule has 0 radical (unpaired) electrons. The maximum absolute atomic E-state index is 12.6. The van der Waals surface area contributed by atoms with E-state index in [4.69, 9.17) is 10.5 Å². The van der Waals surface area contributed by atoms with E-state index in [2.05, 4.69) is 5.32 Å². The summed E-state index contributed by atoms with van der Waals surface area (Å²) in [5, 5.41) is 2.73. The van der Waals surface area contributed by atoms with Crippen LogP contribution in [0.4, 0.5) is 0 Å². The first-order valence-electron chi connectivity index (χ1n) is 8.16. The van der Waals surface area contributed by atoms with E-state index < -0.39 is 18.1 Å². The smallest absolute Gasteiger partial charge is 0.254 e. The zero-order valence-corrected chi connectivity index (χ0v) is 14.8. The van der Waals surface area contributed by atoms with Crippen molar-refractivity contribution in [2.75, 3.05) is 7.11 Å². The molecule has 0 saturated heterocycles. The summed E-state index contributed by atoms with van der Waals surface area (Å²) in [5.41, 5.74) is 9.38. The molecular formula is C20H24N2O3. The molecule has 0 spiro atoms. The third-order valence-electron chi connectivity index (χ3n) is 4.29. The molecule has 2 aromatic rings. The summed E-state index contributed by atoms with van der Waals surface area (Å²) in [6, 6.07) is 14.2. The van der Waals surface area contributed by atoms with Crippen LogP contribution in [-0.2, 0) is 20.7 Å². The topological polar surface area (TPSA) is 81.4 Å². The number of hydrogen-bond acceptors (Lipinski definition) is 3. The van der Waals surface area contributed by atoms with Gasteiger partial charge in [0.1, 0.15) is 6.04 Å². The van der Waals surface area contributed by atoms with Crippen LogP contribution >= 0.6 is 0 Å². The number of aryl methyl sites for hydroxylation is 2. The van der Waals surface area contributed by atoms with E-state index in [0.717, 1.165) is 22.3 Å². The SMILES string of the molecule is CO[C@H](C(=O)N[C@@H](Cc1c(C)cccc1C)C(N)=O)c1ccccc1. The number of benzene rings is 2. The molecule has 2 atom stereocenters. The predicted molar refractivity (Wildman–Crippen MR) is 96.9 cm³/mol. The first-order valence-corrected chi connectivity index (χ1v) is 8.16. The Bertz CT molecular complexity index is 724. The van der Waals surface area contributed by atoms with E-state index in [1.54, 1.807) is 12.1 Å². The van der Waals surface area contributed by atoms with E-state index in [1.165, 1.54) is 7.11 Å². The summed E-state index contributed by atoms with van der Waals surface area (Å²) in [4.78, 5) is 24.5. The molecule has 0 fully saturated rings. The quantitative estimate of drug-likeness (QED) is 0.811. The van der Waals surface area contributed by atoms with Crippen molar-refractivity contribution >= 4 is 11.8 Å². The monoisotopic (exact) mass is 340 g/mol. The fourth-order valence-electron chi connectivity index (χ4n) is 2.87. The Morgan fingerprint density at radius 2 is 1.64 bits per heavy atom. The van der Waals surface area contributed by atoms with Crippen molar-refractivity contribution in [2.24, 2.45) is 5.73 Å². The van der Waals surface area contributed by atoms with Crippen LogP contribution < -0.4 is 11.1 Å². The van der Waals surface area contributed by atoms with Crippen molar-refractivity contribution in [3.8, 4) is 0 Å². The normalized spacial score (nSPS) is 13.1. The van der Waals surface area contributed by atoms with Gasteiger partial charge >= 0.3 is 0 Å². The minimum absolute atomic E-state index is 0.352. The molecule has 2 aromatic carbocycles. The fraction of sp³-hybridized carbons (Fsp3) is 0.300. The van der Waals surface area contributed by atoms with Gasteiger partial charge in [-0.1, -0.05) is 48.5 Å². The number of nitrogens with two attached hydrogens (primary N) is 1. The summed E-state index contributed by atoms with van der Waals surface area (Å²) < 4.78 is 5.31. The average molecular weight is 340 g/mol. The molecule has 0 saturated carbocycles. The van der Waals surface area contributed by atoms with Gasteiger partial charge in [0.2, 0.25) is 5.91 Å². The third kappa shape index (κ3) is 4.67. The molecule has 3 N–H and O–H groups in total. The Morgan fingerprint density at radius 1 is 1.04 bits per heavy atom. The number of carbonyl (C=O) groups excluding carboxylic acids is 2. The van der Waals surface area contributed by atoms with Gasteiger partial charge in [-0.3, -0.25) is 9.59 Å².